The number of methoxy groups -OCH3 is 1. The van der Waals surface area contributed by atoms with Crippen molar-refractivity contribution in [1.29, 1.82) is 0 Å². The number of thioether (sulfide) groups is 1. The molecule has 2 amide bonds. The van der Waals surface area contributed by atoms with Gasteiger partial charge in [0.2, 0.25) is 0 Å². The van der Waals surface area contributed by atoms with Crippen molar-refractivity contribution < 1.29 is 33.8 Å². The van der Waals surface area contributed by atoms with Crippen LogP contribution in [0.4, 0.5) is 0 Å². The van der Waals surface area contributed by atoms with Crippen molar-refractivity contribution in [3.63, 3.8) is 0 Å². The number of ether oxygens (including phenoxy) is 2. The number of amides is 2. The number of nitrogens with zero attached hydrogens (tertiary/aromatic N) is 1. The first-order chi connectivity index (χ1) is 11.7. The maximum atomic E-state index is 12.6. The highest BCUT2D eigenvalue weighted by Gasteiger charge is 2.66. The van der Waals surface area contributed by atoms with Crippen molar-refractivity contribution in [2.24, 2.45) is 0 Å². The van der Waals surface area contributed by atoms with Crippen LogP contribution in [0.2, 0.25) is 0 Å². The minimum Gasteiger partial charge on any atom is -0.477 e. The maximum Gasteiger partial charge on any atom is 0.352 e. The summed E-state index contributed by atoms with van der Waals surface area (Å²) in [6.07, 6.45) is 0. The Labute approximate surface area is 156 Å². The third-order valence-electron chi connectivity index (χ3n) is 3.59. The highest BCUT2D eigenvalue weighted by Crippen LogP contribution is 2.46. The molecule has 138 valence electrons. The number of β-lactam (4-membered cyclic amide) rings is 1. The molecule has 0 saturated carbocycles. The molecule has 0 aromatic carbocycles. The van der Waals surface area contributed by atoms with Crippen LogP contribution in [-0.4, -0.2) is 69.2 Å². The van der Waals surface area contributed by atoms with Gasteiger partial charge in [0.05, 0.1) is 0 Å². The maximum absolute atomic E-state index is 12.6. The average molecular weight is 413 g/mol. The predicted octanol–water partition coefficient (Wildman–Crippen LogP) is 0.0659. The van der Waals surface area contributed by atoms with Crippen LogP contribution in [0, 0.1) is 0 Å². The minimum absolute atomic E-state index is 0.162. The van der Waals surface area contributed by atoms with Crippen molar-refractivity contribution >= 4 is 58.7 Å². The molecular formula is C13H14Cl2N2O7S. The molecule has 25 heavy (non-hydrogen) atoms. The molecule has 9 nitrogen and oxygen atoms in total. The topological polar surface area (TPSA) is 122 Å². The van der Waals surface area contributed by atoms with E-state index in [9.17, 15) is 24.3 Å². The molecule has 1 saturated heterocycles. The average Bonchev–Trinajstić information content (AvgIpc) is 2.55. The number of carboxylic acids is 1. The zero-order valence-corrected chi connectivity index (χ0v) is 15.4. The van der Waals surface area contributed by atoms with Crippen molar-refractivity contribution in [2.45, 2.75) is 22.9 Å². The highest BCUT2D eigenvalue weighted by molar-refractivity contribution is 8.00. The second kappa shape index (κ2) is 7.40. The lowest BCUT2D eigenvalue weighted by atomic mass is 9.98. The van der Waals surface area contributed by atoms with Gasteiger partial charge < -0.3 is 19.9 Å². The monoisotopic (exact) mass is 412 g/mol. The van der Waals surface area contributed by atoms with Gasteiger partial charge in [-0.1, -0.05) is 23.2 Å². The third-order valence-corrected chi connectivity index (χ3v) is 5.36. The van der Waals surface area contributed by atoms with Gasteiger partial charge in [0, 0.05) is 25.4 Å². The first-order valence-corrected chi connectivity index (χ1v) is 8.77. The number of rotatable bonds is 6. The van der Waals surface area contributed by atoms with Crippen molar-refractivity contribution in [2.75, 3.05) is 19.5 Å². The fourth-order valence-corrected chi connectivity index (χ4v) is 4.01. The number of fused-ring (bicyclic) bond motifs is 1. The zero-order valence-electron chi connectivity index (χ0n) is 13.1. The van der Waals surface area contributed by atoms with Crippen LogP contribution in [-0.2, 0) is 28.7 Å². The number of hydrogen-bond donors (Lipinski definition) is 2. The molecule has 2 aliphatic heterocycles. The van der Waals surface area contributed by atoms with Crippen molar-refractivity contribution in [3.05, 3.63) is 11.3 Å². The number of hydrogen-bond acceptors (Lipinski definition) is 7. The van der Waals surface area contributed by atoms with Crippen LogP contribution in [0.1, 0.15) is 6.92 Å². The molecule has 2 heterocycles. The largest absolute Gasteiger partial charge is 0.477 e. The van der Waals surface area contributed by atoms with Crippen LogP contribution in [0.3, 0.4) is 0 Å². The fourth-order valence-electron chi connectivity index (χ4n) is 2.48. The van der Waals surface area contributed by atoms with E-state index in [1.807, 2.05) is 0 Å². The molecule has 0 aromatic heterocycles. The number of carboxylic acid groups (broad SMARTS) is 1. The van der Waals surface area contributed by atoms with Crippen LogP contribution < -0.4 is 5.32 Å². The Kier molecular flexibility index (Phi) is 5.87. The van der Waals surface area contributed by atoms with Crippen molar-refractivity contribution in [3.8, 4) is 0 Å². The van der Waals surface area contributed by atoms with E-state index in [4.69, 9.17) is 32.7 Å². The molecule has 12 heteroatoms. The lowest BCUT2D eigenvalue weighted by Gasteiger charge is -2.55. The summed E-state index contributed by atoms with van der Waals surface area (Å²) in [7, 11) is 1.20. The molecule has 0 bridgehead atoms. The molecule has 1 fully saturated rings. The van der Waals surface area contributed by atoms with Crippen LogP contribution in [0.5, 0.6) is 0 Å². The lowest BCUT2D eigenvalue weighted by molar-refractivity contribution is -0.192. The number of esters is 1. The van der Waals surface area contributed by atoms with E-state index < -0.39 is 39.7 Å². The molecule has 2 rings (SSSR count). The van der Waals surface area contributed by atoms with Crippen molar-refractivity contribution in [1.82, 2.24) is 10.2 Å². The number of halogens is 2. The van der Waals surface area contributed by atoms with Gasteiger partial charge in [0.15, 0.2) is 4.84 Å². The number of carbonyl (C=O) groups is 4. The third kappa shape index (κ3) is 3.43. The molecule has 2 N–H and O–H groups in total. The summed E-state index contributed by atoms with van der Waals surface area (Å²) >= 11 is 12.1. The fraction of sp³-hybridized carbons (Fsp3) is 0.538. The molecular weight excluding hydrogens is 399 g/mol. The van der Waals surface area contributed by atoms with Gasteiger partial charge in [-0.25, -0.2) is 4.79 Å². The standard InChI is InChI=1S/C13H14Cl2N2O7S/c1-5(18)24-3-6-4-25-12-13(23-2,16-9(19)8(14)15)11(22)17(12)7(6)10(20)21/h8,12H,3-4H2,1-2H3,(H,16,19)(H,20,21)/t12-,13-/m0/s1. The first-order valence-electron chi connectivity index (χ1n) is 6.85. The second-order valence-corrected chi connectivity index (χ2v) is 7.27. The van der Waals surface area contributed by atoms with Gasteiger partial charge in [-0.2, -0.15) is 0 Å². The summed E-state index contributed by atoms with van der Waals surface area (Å²) in [4.78, 5) is 46.5. The molecule has 2 atom stereocenters. The Morgan fingerprint density at radius 2 is 2.12 bits per heavy atom. The SMILES string of the molecule is CO[C@@]1(NC(=O)C(Cl)Cl)C(=O)N2C(C(=O)O)=C(COC(C)=O)CS[C@H]21. The summed E-state index contributed by atoms with van der Waals surface area (Å²) < 4.78 is 10.0. The van der Waals surface area contributed by atoms with Crippen LogP contribution in [0.15, 0.2) is 11.3 Å². The summed E-state index contributed by atoms with van der Waals surface area (Å²) in [6.45, 7) is 0.938. The number of aliphatic carboxylic acids is 1. The Morgan fingerprint density at radius 3 is 2.60 bits per heavy atom. The lowest BCUT2D eigenvalue weighted by Crippen LogP contribution is -2.81. The second-order valence-electron chi connectivity index (χ2n) is 5.11. The number of nitrogens with one attached hydrogen (secondary N) is 1. The molecule has 0 radical (unpaired) electrons. The van der Waals surface area contributed by atoms with E-state index in [-0.39, 0.29) is 23.6 Å². The zero-order chi connectivity index (χ0) is 18.9. The quantitative estimate of drug-likeness (QED) is 0.272. The van der Waals surface area contributed by atoms with Crippen LogP contribution in [0.25, 0.3) is 0 Å². The predicted molar refractivity (Wildman–Crippen MR) is 87.8 cm³/mol. The number of carbonyl (C=O) groups excluding carboxylic acids is 3. The van der Waals surface area contributed by atoms with E-state index in [2.05, 4.69) is 5.32 Å². The van der Waals surface area contributed by atoms with Gasteiger partial charge in [0.1, 0.15) is 17.7 Å². The Bertz CT molecular complexity index is 669. The summed E-state index contributed by atoms with van der Waals surface area (Å²) in [5.74, 6) is -3.40. The van der Waals surface area contributed by atoms with Gasteiger partial charge in [-0.05, 0) is 0 Å². The van der Waals surface area contributed by atoms with Gasteiger partial charge in [-0.3, -0.25) is 19.3 Å². The Hall–Kier alpha value is -1.49. The normalized spacial score (nSPS) is 25.4. The van der Waals surface area contributed by atoms with E-state index in [0.717, 1.165) is 16.7 Å². The Balaban J connectivity index is 2.32. The first kappa shape index (κ1) is 19.8. The van der Waals surface area contributed by atoms with E-state index in [1.54, 1.807) is 0 Å². The molecule has 0 aromatic rings. The molecule has 0 spiro atoms. The van der Waals surface area contributed by atoms with E-state index >= 15 is 0 Å². The molecule has 0 aliphatic carbocycles. The van der Waals surface area contributed by atoms with E-state index in [1.165, 1.54) is 14.0 Å². The van der Waals surface area contributed by atoms with Gasteiger partial charge >= 0.3 is 11.9 Å². The summed E-state index contributed by atoms with van der Waals surface area (Å²) in [5, 5.41) is 10.9. The van der Waals surface area contributed by atoms with Crippen LogP contribution >= 0.6 is 35.0 Å². The van der Waals surface area contributed by atoms with Gasteiger partial charge in [-0.15, -0.1) is 11.8 Å². The Morgan fingerprint density at radius 1 is 1.48 bits per heavy atom. The molecule has 2 aliphatic rings. The van der Waals surface area contributed by atoms with E-state index in [0.29, 0.717) is 0 Å². The minimum atomic E-state index is -1.77. The highest BCUT2D eigenvalue weighted by atomic mass is 35.5. The number of alkyl halides is 2. The summed E-state index contributed by atoms with van der Waals surface area (Å²) in [6, 6.07) is 0. The smallest absolute Gasteiger partial charge is 0.352 e. The van der Waals surface area contributed by atoms with Gasteiger partial charge in [0.25, 0.3) is 17.5 Å². The molecule has 0 unspecified atom stereocenters. The summed E-state index contributed by atoms with van der Waals surface area (Å²) in [5.41, 5.74) is -1.80.